The summed E-state index contributed by atoms with van der Waals surface area (Å²) in [6, 6.07) is 40.4. The van der Waals surface area contributed by atoms with Crippen molar-refractivity contribution in [2.24, 2.45) is 14.1 Å². The lowest BCUT2D eigenvalue weighted by Crippen LogP contribution is -2.34. The van der Waals surface area contributed by atoms with E-state index in [1.165, 1.54) is 0 Å². The van der Waals surface area contributed by atoms with E-state index in [1.807, 2.05) is 130 Å². The fraction of sp³-hybridized carbons (Fsp3) is 0.0667. The predicted molar refractivity (Wildman–Crippen MR) is 197 cm³/mol. The Morgan fingerprint density at radius 1 is 0.444 bits per heavy atom. The van der Waals surface area contributed by atoms with Gasteiger partial charge in [-0.3, -0.25) is 17.3 Å². The maximum Gasteiger partial charge on any atom is 0.674 e. The summed E-state index contributed by atoms with van der Waals surface area (Å²) in [7, 11) is -6.84. The van der Waals surface area contributed by atoms with Gasteiger partial charge in [-0.05, 0) is 48.5 Å². The van der Waals surface area contributed by atoms with E-state index >= 15 is 0 Å². The molecule has 0 aliphatic rings. The van der Waals surface area contributed by atoms with Gasteiger partial charge >= 0.3 is 29.6 Å². The summed E-state index contributed by atoms with van der Waals surface area (Å²) in [5.41, 5.74) is 4.24. The number of aryl methyl sites for hydroxylation is 2. The Morgan fingerprint density at radius 2 is 0.648 bits per heavy atom. The fourth-order valence-electron chi connectivity index (χ4n) is 4.34. The van der Waals surface area contributed by atoms with Crippen LogP contribution in [0.1, 0.15) is 0 Å². The molecule has 6 rings (SSSR count). The average molecular weight is 790 g/mol. The summed E-state index contributed by atoms with van der Waals surface area (Å²) in [5.74, 6) is 1.97. The molecule has 0 atom stereocenters. The van der Waals surface area contributed by atoms with E-state index in [0.717, 1.165) is 34.2 Å². The maximum atomic E-state index is 10.1. The molecular weight excluding hydrogens is 756 g/mol. The van der Waals surface area contributed by atoms with E-state index in [1.54, 1.807) is 0 Å². The molecule has 54 heavy (non-hydrogen) atoms. The zero-order valence-corrected chi connectivity index (χ0v) is 30.1. The van der Waals surface area contributed by atoms with E-state index in [9.17, 15) is 17.3 Å². The van der Waals surface area contributed by atoms with E-state index in [-0.39, 0.29) is 0 Å². The summed E-state index contributed by atoms with van der Waals surface area (Å²) in [6.45, 7) is 0. The highest BCUT2D eigenvalue weighted by molar-refractivity contribution is 7.58. The van der Waals surface area contributed by atoms with E-state index in [4.69, 9.17) is 65.4 Å². The van der Waals surface area contributed by atoms with Crippen LogP contribution in [-0.4, -0.2) is 89.3 Å². The van der Waals surface area contributed by atoms with E-state index < -0.39 is 29.6 Å². The number of hydrogen-bond acceptors (Lipinski definition) is 12. The Balaban J connectivity index is 0.000000389. The van der Waals surface area contributed by atoms with Crippen molar-refractivity contribution in [3.63, 3.8) is 0 Å². The third kappa shape index (κ3) is 17.9. The fourth-order valence-corrected chi connectivity index (χ4v) is 4.97. The molecule has 8 N–H and O–H groups in total. The van der Waals surface area contributed by atoms with Gasteiger partial charge in [-0.25, -0.2) is 9.13 Å². The smallest absolute Gasteiger partial charge is 0.674 e. The van der Waals surface area contributed by atoms with Gasteiger partial charge in [-0.2, -0.15) is 0 Å². The highest BCUT2D eigenvalue weighted by Crippen LogP contribution is 2.18. The molecule has 0 amide bonds. The quantitative estimate of drug-likeness (QED) is 0.0524. The largest absolute Gasteiger partial charge is 0.702 e. The van der Waals surface area contributed by atoms with E-state index in [0.29, 0.717) is 10.3 Å². The summed E-state index contributed by atoms with van der Waals surface area (Å²) in [4.78, 5) is 0. The van der Waals surface area contributed by atoms with Crippen LogP contribution in [0.5, 0.6) is 0 Å². The zero-order valence-electron chi connectivity index (χ0n) is 28.4. The summed E-state index contributed by atoms with van der Waals surface area (Å²) < 4.78 is 48.1. The monoisotopic (exact) mass is 790 g/mol. The molecule has 14 nitrogen and oxygen atoms in total. The number of halogens is 4. The first kappa shape index (κ1) is 47.3. The van der Waals surface area contributed by atoms with Crippen molar-refractivity contribution in [2.75, 3.05) is 0 Å². The van der Waals surface area contributed by atoms with Crippen molar-refractivity contribution in [3.05, 3.63) is 121 Å². The molecule has 284 valence electrons. The summed E-state index contributed by atoms with van der Waals surface area (Å²) in [6.07, 6.45) is 0. The first-order chi connectivity index (χ1) is 25.5. The molecule has 0 saturated heterocycles. The van der Waals surface area contributed by atoms with Crippen LogP contribution in [0.4, 0.5) is 17.3 Å². The van der Waals surface area contributed by atoms with Crippen LogP contribution in [0.2, 0.25) is 0 Å². The van der Waals surface area contributed by atoms with Crippen molar-refractivity contribution in [1.29, 1.82) is 0 Å². The van der Waals surface area contributed by atoms with Crippen molar-refractivity contribution in [1.82, 2.24) is 19.6 Å². The van der Waals surface area contributed by atoms with Crippen molar-refractivity contribution < 1.29 is 66.6 Å². The van der Waals surface area contributed by atoms with Crippen molar-refractivity contribution in [2.45, 2.75) is 10.3 Å². The van der Waals surface area contributed by atoms with Gasteiger partial charge < -0.3 is 65.4 Å². The SMILES string of the molecule is Cn1nc([S-])[n+](-c2ccccc2)c1-c1ccccc1.Cn1nc([S-])[n+](-c2ccccc2)c1-c1ccccc1.OB(O)F.OB(O)F.OB(O)F.OB(O)F. The lowest BCUT2D eigenvalue weighted by atomic mass is 10.2. The topological polar surface area (TPSA) is 205 Å². The Labute approximate surface area is 320 Å². The number of para-hydroxylation sites is 2. The van der Waals surface area contributed by atoms with Gasteiger partial charge in [0.25, 0.3) is 11.6 Å². The molecule has 0 fully saturated rings. The molecule has 0 aliphatic carbocycles. The predicted octanol–water partition coefficient (Wildman–Crippen LogP) is 0.241. The lowest BCUT2D eigenvalue weighted by Gasteiger charge is -2.06. The maximum absolute atomic E-state index is 10.1. The van der Waals surface area contributed by atoms with Gasteiger partial charge in [-0.1, -0.05) is 72.8 Å². The Hall–Kier alpha value is -4.74. The molecule has 24 heteroatoms. The number of rotatable bonds is 4. The van der Waals surface area contributed by atoms with Gasteiger partial charge in [0.1, 0.15) is 11.4 Å². The van der Waals surface area contributed by atoms with Gasteiger partial charge in [0.15, 0.2) is 10.3 Å². The highest BCUT2D eigenvalue weighted by atomic mass is 32.1. The van der Waals surface area contributed by atoms with Gasteiger partial charge in [-0.15, -0.1) is 9.36 Å². The lowest BCUT2D eigenvalue weighted by molar-refractivity contribution is -0.625. The molecule has 2 aromatic heterocycles. The second-order valence-corrected chi connectivity index (χ2v) is 10.5. The molecule has 0 unspecified atom stereocenters. The standard InChI is InChI=1S/2C15H13N3S.4BFH2O2/c2*1-17-14(12-8-4-2-5-9-12)18(15(19)16-17)13-10-6-3-7-11-13;4*2-1(3)4/h2*2-11H,1H3;4*3-4H. The molecule has 0 spiro atoms. The van der Waals surface area contributed by atoms with Gasteiger partial charge in [0.05, 0.1) is 25.2 Å². The first-order valence-electron chi connectivity index (χ1n) is 15.0. The number of hydrogen-bond donors (Lipinski definition) is 8. The van der Waals surface area contributed by atoms with Crippen molar-refractivity contribution >= 4 is 54.8 Å². The second-order valence-electron chi connectivity index (χ2n) is 9.78. The number of nitrogens with zero attached hydrogens (tertiary/aromatic N) is 6. The molecule has 0 aliphatic heterocycles. The normalized spacial score (nSPS) is 9.44. The minimum Gasteiger partial charge on any atom is -0.702 e. The third-order valence-electron chi connectivity index (χ3n) is 5.98. The molecule has 2 heterocycles. The minimum absolute atomic E-state index is 0.563. The number of benzene rings is 4. The van der Waals surface area contributed by atoms with Crippen LogP contribution in [0.15, 0.2) is 132 Å². The minimum atomic E-state index is -2.67. The molecule has 0 radical (unpaired) electrons. The molecule has 6 aromatic rings. The Bertz CT molecular complexity index is 1620. The second kappa shape index (κ2) is 25.3. The van der Waals surface area contributed by atoms with Crippen LogP contribution in [0.3, 0.4) is 0 Å². The summed E-state index contributed by atoms with van der Waals surface area (Å²) >= 11 is 10.7. The van der Waals surface area contributed by atoms with Crippen LogP contribution < -0.4 is 9.13 Å². The van der Waals surface area contributed by atoms with Crippen LogP contribution in [0, 0.1) is 0 Å². The van der Waals surface area contributed by atoms with Crippen LogP contribution >= 0.6 is 0 Å². The Morgan fingerprint density at radius 3 is 0.870 bits per heavy atom. The van der Waals surface area contributed by atoms with Crippen molar-refractivity contribution in [3.8, 4) is 34.2 Å². The van der Waals surface area contributed by atoms with E-state index in [2.05, 4.69) is 34.5 Å². The average Bonchev–Trinajstić information content (AvgIpc) is 3.58. The molecule has 0 bridgehead atoms. The van der Waals surface area contributed by atoms with Crippen LogP contribution in [0.25, 0.3) is 34.2 Å². The zero-order chi connectivity index (χ0) is 40.8. The van der Waals surface area contributed by atoms with Crippen LogP contribution in [-0.2, 0) is 39.4 Å². The van der Waals surface area contributed by atoms with Gasteiger partial charge in [0.2, 0.25) is 0 Å². The molecular formula is C30H34B4F4N6O8S2. The third-order valence-corrected chi connectivity index (χ3v) is 6.51. The summed E-state index contributed by atoms with van der Waals surface area (Å²) in [5, 5.41) is 65.4. The molecule has 0 saturated carbocycles. The number of aromatic nitrogens is 6. The molecule has 4 aromatic carbocycles. The Kier molecular flexibility index (Phi) is 22.2. The highest BCUT2D eigenvalue weighted by Gasteiger charge is 2.21. The van der Waals surface area contributed by atoms with Gasteiger partial charge in [0, 0.05) is 10.2 Å². The first-order valence-corrected chi connectivity index (χ1v) is 15.8.